The molecule has 0 saturated carbocycles. The van der Waals surface area contributed by atoms with Crippen LogP contribution in [0, 0.1) is 5.82 Å². The van der Waals surface area contributed by atoms with Gasteiger partial charge in [0.2, 0.25) is 0 Å². The second-order valence-corrected chi connectivity index (χ2v) is 7.21. The van der Waals surface area contributed by atoms with Gasteiger partial charge >= 0.3 is 0 Å². The van der Waals surface area contributed by atoms with Gasteiger partial charge < -0.3 is 5.32 Å². The van der Waals surface area contributed by atoms with Crippen LogP contribution in [0.1, 0.15) is 17.2 Å². The largest absolute Gasteiger partial charge is 0.309 e. The molecule has 106 valence electrons. The second-order valence-electron chi connectivity index (χ2n) is 4.18. The molecule has 1 N–H and O–H groups in total. The second kappa shape index (κ2) is 6.88. The SMILES string of the molecule is CNC(c1cc(Cl)c(Br)cc1F)c1cc(Br)ccc1Br. The van der Waals surface area contributed by atoms with Crippen molar-refractivity contribution in [3.8, 4) is 0 Å². The molecule has 0 spiro atoms. The van der Waals surface area contributed by atoms with Gasteiger partial charge in [0.25, 0.3) is 0 Å². The molecule has 0 saturated heterocycles. The van der Waals surface area contributed by atoms with E-state index in [1.165, 1.54) is 6.07 Å². The van der Waals surface area contributed by atoms with E-state index in [4.69, 9.17) is 11.6 Å². The Balaban J connectivity index is 2.58. The quantitative estimate of drug-likeness (QED) is 0.519. The van der Waals surface area contributed by atoms with Gasteiger partial charge in [-0.2, -0.15) is 0 Å². The van der Waals surface area contributed by atoms with Crippen molar-refractivity contribution in [2.75, 3.05) is 7.05 Å². The number of hydrogen-bond acceptors (Lipinski definition) is 1. The third-order valence-electron chi connectivity index (χ3n) is 2.91. The van der Waals surface area contributed by atoms with E-state index in [2.05, 4.69) is 53.1 Å². The van der Waals surface area contributed by atoms with E-state index in [1.807, 2.05) is 18.2 Å². The first-order valence-corrected chi connectivity index (χ1v) is 8.46. The van der Waals surface area contributed by atoms with E-state index in [9.17, 15) is 4.39 Å². The summed E-state index contributed by atoms with van der Waals surface area (Å²) in [6, 6.07) is 8.50. The Hall–Kier alpha value is 0.0600. The third kappa shape index (κ3) is 3.45. The molecule has 1 unspecified atom stereocenters. The van der Waals surface area contributed by atoms with Crippen molar-refractivity contribution in [1.82, 2.24) is 5.32 Å². The molecule has 2 aromatic carbocycles. The first-order valence-electron chi connectivity index (χ1n) is 5.70. The topological polar surface area (TPSA) is 12.0 Å². The Morgan fingerprint density at radius 2 is 1.75 bits per heavy atom. The Labute approximate surface area is 147 Å². The van der Waals surface area contributed by atoms with Crippen molar-refractivity contribution in [3.05, 3.63) is 65.7 Å². The predicted molar refractivity (Wildman–Crippen MR) is 91.9 cm³/mol. The number of halogens is 5. The molecule has 0 aliphatic carbocycles. The summed E-state index contributed by atoms with van der Waals surface area (Å²) in [4.78, 5) is 0. The minimum atomic E-state index is -0.312. The zero-order chi connectivity index (χ0) is 14.9. The van der Waals surface area contributed by atoms with E-state index >= 15 is 0 Å². The van der Waals surface area contributed by atoms with Gasteiger partial charge in [0.15, 0.2) is 0 Å². The van der Waals surface area contributed by atoms with Crippen LogP contribution in [0.4, 0.5) is 4.39 Å². The Morgan fingerprint density at radius 1 is 1.05 bits per heavy atom. The Bertz CT molecular complexity index is 649. The molecule has 0 heterocycles. The van der Waals surface area contributed by atoms with E-state index in [1.54, 1.807) is 13.1 Å². The van der Waals surface area contributed by atoms with Crippen molar-refractivity contribution < 1.29 is 4.39 Å². The molecule has 20 heavy (non-hydrogen) atoms. The fourth-order valence-electron chi connectivity index (χ4n) is 1.97. The summed E-state index contributed by atoms with van der Waals surface area (Å²) in [5.41, 5.74) is 1.43. The highest BCUT2D eigenvalue weighted by Gasteiger charge is 2.20. The molecule has 2 rings (SSSR count). The highest BCUT2D eigenvalue weighted by atomic mass is 79.9. The first kappa shape index (κ1) is 16.4. The fourth-order valence-corrected chi connectivity index (χ4v) is 3.32. The van der Waals surface area contributed by atoms with Crippen molar-refractivity contribution in [2.24, 2.45) is 0 Å². The van der Waals surface area contributed by atoms with Gasteiger partial charge in [-0.15, -0.1) is 0 Å². The van der Waals surface area contributed by atoms with Crippen LogP contribution in [0.2, 0.25) is 5.02 Å². The lowest BCUT2D eigenvalue weighted by molar-refractivity contribution is 0.574. The summed E-state index contributed by atoms with van der Waals surface area (Å²) in [5.74, 6) is -0.312. The van der Waals surface area contributed by atoms with Gasteiger partial charge in [-0.1, -0.05) is 43.5 Å². The average molecular weight is 486 g/mol. The van der Waals surface area contributed by atoms with Crippen LogP contribution in [0.25, 0.3) is 0 Å². The molecule has 1 nitrogen and oxygen atoms in total. The minimum absolute atomic E-state index is 0.299. The normalized spacial score (nSPS) is 12.5. The Kier molecular flexibility index (Phi) is 5.65. The molecule has 0 radical (unpaired) electrons. The molecular weight excluding hydrogens is 476 g/mol. The fraction of sp³-hybridized carbons (Fsp3) is 0.143. The van der Waals surface area contributed by atoms with Gasteiger partial charge in [0.05, 0.1) is 11.1 Å². The van der Waals surface area contributed by atoms with Crippen LogP contribution in [0.3, 0.4) is 0 Å². The third-order valence-corrected chi connectivity index (χ3v) is 5.32. The molecule has 0 aromatic heterocycles. The summed E-state index contributed by atoms with van der Waals surface area (Å²) in [5, 5.41) is 3.60. The molecule has 0 fully saturated rings. The summed E-state index contributed by atoms with van der Waals surface area (Å²) in [6.07, 6.45) is 0. The van der Waals surface area contributed by atoms with Crippen LogP contribution in [0.5, 0.6) is 0 Å². The van der Waals surface area contributed by atoms with Crippen molar-refractivity contribution in [2.45, 2.75) is 6.04 Å². The van der Waals surface area contributed by atoms with Gasteiger partial charge in [-0.05, 0) is 58.9 Å². The van der Waals surface area contributed by atoms with Gasteiger partial charge in [-0.3, -0.25) is 0 Å². The number of benzene rings is 2. The van der Waals surface area contributed by atoms with Crippen LogP contribution < -0.4 is 5.32 Å². The Morgan fingerprint density at radius 3 is 2.40 bits per heavy atom. The molecule has 1 atom stereocenters. The monoisotopic (exact) mass is 483 g/mol. The first-order chi connectivity index (χ1) is 9.43. The molecule has 6 heteroatoms. The van der Waals surface area contributed by atoms with E-state index < -0.39 is 0 Å². The molecule has 0 aliphatic rings. The predicted octanol–water partition coefficient (Wildman–Crippen LogP) is 6.08. The van der Waals surface area contributed by atoms with Crippen molar-refractivity contribution >= 4 is 59.4 Å². The van der Waals surface area contributed by atoms with Crippen LogP contribution in [0.15, 0.2) is 43.7 Å². The highest BCUT2D eigenvalue weighted by molar-refractivity contribution is 9.11. The summed E-state index contributed by atoms with van der Waals surface area (Å²) in [7, 11) is 1.79. The van der Waals surface area contributed by atoms with Gasteiger partial charge in [0, 0.05) is 19.0 Å². The number of hydrogen-bond donors (Lipinski definition) is 1. The van der Waals surface area contributed by atoms with Crippen LogP contribution in [-0.2, 0) is 0 Å². The molecule has 2 aromatic rings. The van der Waals surface area contributed by atoms with E-state index in [-0.39, 0.29) is 11.9 Å². The van der Waals surface area contributed by atoms with E-state index in [0.29, 0.717) is 15.1 Å². The summed E-state index contributed by atoms with van der Waals surface area (Å²) >= 11 is 16.2. The van der Waals surface area contributed by atoms with Gasteiger partial charge in [0.1, 0.15) is 5.82 Å². The minimum Gasteiger partial charge on any atom is -0.309 e. The number of nitrogens with one attached hydrogen (secondary N) is 1. The van der Waals surface area contributed by atoms with Gasteiger partial charge in [-0.25, -0.2) is 4.39 Å². The smallest absolute Gasteiger partial charge is 0.129 e. The standard InChI is InChI=1S/C14H10Br3ClFN/c1-20-14(8-4-7(15)2-3-10(8)16)9-5-12(18)11(17)6-13(9)19/h2-6,14,20H,1H3. The summed E-state index contributed by atoms with van der Waals surface area (Å²) < 4.78 is 16.6. The number of rotatable bonds is 3. The molecule has 0 bridgehead atoms. The molecule has 0 aliphatic heterocycles. The lowest BCUT2D eigenvalue weighted by Gasteiger charge is -2.20. The van der Waals surface area contributed by atoms with E-state index in [0.717, 1.165) is 14.5 Å². The zero-order valence-electron chi connectivity index (χ0n) is 10.4. The zero-order valence-corrected chi connectivity index (χ0v) is 15.9. The highest BCUT2D eigenvalue weighted by Crippen LogP contribution is 2.35. The van der Waals surface area contributed by atoms with Crippen molar-refractivity contribution in [3.63, 3.8) is 0 Å². The lowest BCUT2D eigenvalue weighted by atomic mass is 9.98. The lowest BCUT2D eigenvalue weighted by Crippen LogP contribution is -2.19. The summed E-state index contributed by atoms with van der Waals surface area (Å²) in [6.45, 7) is 0. The average Bonchev–Trinajstić information content (AvgIpc) is 2.40. The van der Waals surface area contributed by atoms with Crippen molar-refractivity contribution in [1.29, 1.82) is 0 Å². The molecular formula is C14H10Br3ClFN. The van der Waals surface area contributed by atoms with Crippen LogP contribution in [-0.4, -0.2) is 7.05 Å². The maximum Gasteiger partial charge on any atom is 0.129 e. The molecule has 0 amide bonds. The maximum absolute atomic E-state index is 14.2. The van der Waals surface area contributed by atoms with Crippen LogP contribution >= 0.6 is 59.4 Å². The maximum atomic E-state index is 14.2.